The van der Waals surface area contributed by atoms with Crippen molar-refractivity contribution in [2.24, 2.45) is 0 Å². The molecule has 1 N–H and O–H groups in total. The van der Waals surface area contributed by atoms with Crippen molar-refractivity contribution in [1.82, 2.24) is 15.5 Å². The van der Waals surface area contributed by atoms with Crippen molar-refractivity contribution in [3.63, 3.8) is 0 Å². The largest absolute Gasteiger partial charge is 0.333 e. The van der Waals surface area contributed by atoms with E-state index in [1.54, 1.807) is 7.05 Å². The molecule has 0 radical (unpaired) electrons. The Hall–Kier alpha value is -1.17. The Balaban J connectivity index is 2.82. The van der Waals surface area contributed by atoms with Crippen molar-refractivity contribution >= 4 is 22.5 Å². The number of urea groups is 1. The number of hydrogen-bond acceptors (Lipinski definition) is 4. The van der Waals surface area contributed by atoms with Gasteiger partial charge in [0.05, 0.1) is 0 Å². The van der Waals surface area contributed by atoms with Gasteiger partial charge in [-0.2, -0.15) is 0 Å². The first-order valence-corrected chi connectivity index (χ1v) is 6.72. The fraction of sp³-hybridized carbons (Fsp3) is 0.750. The summed E-state index contributed by atoms with van der Waals surface area (Å²) in [6, 6.07) is -0.167. The second kappa shape index (κ2) is 4.84. The maximum Gasteiger partial charge on any atom is 0.323 e. The van der Waals surface area contributed by atoms with E-state index in [0.717, 1.165) is 5.01 Å². The van der Waals surface area contributed by atoms with E-state index < -0.39 is 0 Å². The molecule has 6 heteroatoms. The molecule has 1 aromatic heterocycles. The third-order valence-corrected chi connectivity index (χ3v) is 3.55. The van der Waals surface area contributed by atoms with Gasteiger partial charge in [-0.05, 0) is 20.8 Å². The van der Waals surface area contributed by atoms with Crippen LogP contribution >= 0.6 is 11.3 Å². The van der Waals surface area contributed by atoms with Gasteiger partial charge in [-0.15, -0.1) is 10.2 Å². The first-order valence-electron chi connectivity index (χ1n) is 5.90. The Morgan fingerprint density at radius 2 is 1.72 bits per heavy atom. The van der Waals surface area contributed by atoms with Crippen molar-refractivity contribution in [3.8, 4) is 0 Å². The van der Waals surface area contributed by atoms with E-state index in [1.165, 1.54) is 16.2 Å². The molecule has 0 aromatic carbocycles. The predicted molar refractivity (Wildman–Crippen MR) is 75.3 cm³/mol. The number of rotatable bonds is 1. The molecule has 0 aliphatic rings. The number of amides is 2. The van der Waals surface area contributed by atoms with Gasteiger partial charge in [0.1, 0.15) is 5.01 Å². The highest BCUT2D eigenvalue weighted by molar-refractivity contribution is 7.15. The van der Waals surface area contributed by atoms with Crippen LogP contribution in [-0.2, 0) is 5.41 Å². The van der Waals surface area contributed by atoms with E-state index in [-0.39, 0.29) is 17.0 Å². The van der Waals surface area contributed by atoms with Crippen LogP contribution in [0.25, 0.3) is 0 Å². The molecule has 1 aromatic rings. The van der Waals surface area contributed by atoms with Crippen LogP contribution in [0, 0.1) is 0 Å². The lowest BCUT2D eigenvalue weighted by atomic mass is 9.98. The predicted octanol–water partition coefficient (Wildman–Crippen LogP) is 2.78. The molecule has 18 heavy (non-hydrogen) atoms. The zero-order valence-corrected chi connectivity index (χ0v) is 13.0. The number of anilines is 1. The molecule has 0 fully saturated rings. The van der Waals surface area contributed by atoms with E-state index in [1.807, 2.05) is 20.8 Å². The third kappa shape index (κ3) is 3.94. The van der Waals surface area contributed by atoms with E-state index in [9.17, 15) is 4.79 Å². The van der Waals surface area contributed by atoms with Gasteiger partial charge in [0.15, 0.2) is 0 Å². The molecule has 0 spiro atoms. The number of aromatic nitrogens is 2. The first kappa shape index (κ1) is 14.9. The highest BCUT2D eigenvalue weighted by Gasteiger charge is 2.24. The molecule has 0 unspecified atom stereocenters. The average molecular weight is 270 g/mol. The maximum absolute atomic E-state index is 12.0. The summed E-state index contributed by atoms with van der Waals surface area (Å²) in [6.07, 6.45) is 0. The molecule has 0 saturated heterocycles. The summed E-state index contributed by atoms with van der Waals surface area (Å²) in [4.78, 5) is 13.5. The molecule has 0 aliphatic heterocycles. The Kier molecular flexibility index (Phi) is 4.00. The van der Waals surface area contributed by atoms with Crippen LogP contribution in [0.4, 0.5) is 9.93 Å². The smallest absolute Gasteiger partial charge is 0.323 e. The van der Waals surface area contributed by atoms with Crippen LogP contribution in [0.1, 0.15) is 46.6 Å². The average Bonchev–Trinajstić information content (AvgIpc) is 2.61. The van der Waals surface area contributed by atoms with E-state index >= 15 is 0 Å². The molecule has 0 aliphatic carbocycles. The lowest BCUT2D eigenvalue weighted by Gasteiger charge is -2.24. The van der Waals surface area contributed by atoms with Crippen LogP contribution in [0.3, 0.4) is 0 Å². The maximum atomic E-state index is 12.0. The van der Waals surface area contributed by atoms with E-state index in [0.29, 0.717) is 5.13 Å². The number of carbonyl (C=O) groups is 1. The van der Waals surface area contributed by atoms with Gasteiger partial charge in [-0.3, -0.25) is 4.90 Å². The van der Waals surface area contributed by atoms with Crippen LogP contribution in [0.2, 0.25) is 0 Å². The highest BCUT2D eigenvalue weighted by atomic mass is 32.1. The SMILES string of the molecule is CN(C(=O)NC(C)(C)C)c1nnc(C(C)(C)C)s1. The van der Waals surface area contributed by atoms with Crippen molar-refractivity contribution < 1.29 is 4.79 Å². The van der Waals surface area contributed by atoms with Gasteiger partial charge < -0.3 is 5.32 Å². The monoisotopic (exact) mass is 270 g/mol. The van der Waals surface area contributed by atoms with Crippen molar-refractivity contribution in [3.05, 3.63) is 5.01 Å². The summed E-state index contributed by atoms with van der Waals surface area (Å²) in [6.45, 7) is 12.1. The molecule has 0 atom stereocenters. The Morgan fingerprint density at radius 3 is 2.11 bits per heavy atom. The zero-order chi connectivity index (χ0) is 14.1. The number of nitrogens with zero attached hydrogens (tertiary/aromatic N) is 3. The Bertz CT molecular complexity index is 428. The second-order valence-corrected chi connectivity index (χ2v) is 7.33. The minimum absolute atomic E-state index is 0.0444. The molecule has 2 amide bonds. The minimum Gasteiger partial charge on any atom is -0.333 e. The zero-order valence-electron chi connectivity index (χ0n) is 12.2. The molecule has 5 nitrogen and oxygen atoms in total. The number of nitrogens with one attached hydrogen (secondary N) is 1. The van der Waals surface area contributed by atoms with Crippen LogP contribution in [-0.4, -0.2) is 28.8 Å². The summed E-state index contributed by atoms with van der Waals surface area (Å²) < 4.78 is 0. The molecule has 1 heterocycles. The summed E-state index contributed by atoms with van der Waals surface area (Å²) in [7, 11) is 1.70. The van der Waals surface area contributed by atoms with E-state index in [2.05, 4.69) is 36.3 Å². The molecule has 102 valence electrons. The first-order chi connectivity index (χ1) is 8.00. The van der Waals surface area contributed by atoms with Crippen molar-refractivity contribution in [2.75, 3.05) is 11.9 Å². The fourth-order valence-electron chi connectivity index (χ4n) is 1.15. The standard InChI is InChI=1S/C12H22N4OS/c1-11(2,3)8-14-15-10(18-8)16(7)9(17)13-12(4,5)6/h1-7H3,(H,13,17). The summed E-state index contributed by atoms with van der Waals surface area (Å²) >= 11 is 1.45. The van der Waals surface area contributed by atoms with Crippen molar-refractivity contribution in [2.45, 2.75) is 52.5 Å². The molecule has 1 rings (SSSR count). The van der Waals surface area contributed by atoms with Crippen LogP contribution in [0.15, 0.2) is 0 Å². The Labute approximate surface area is 113 Å². The minimum atomic E-state index is -0.261. The third-order valence-electron chi connectivity index (χ3n) is 2.13. The molecule has 0 saturated carbocycles. The van der Waals surface area contributed by atoms with Gasteiger partial charge in [0, 0.05) is 18.0 Å². The molecular weight excluding hydrogens is 248 g/mol. The fourth-order valence-corrected chi connectivity index (χ4v) is 2.01. The molecule has 0 bridgehead atoms. The second-order valence-electron chi connectivity index (χ2n) is 6.38. The lowest BCUT2D eigenvalue weighted by Crippen LogP contribution is -2.47. The topological polar surface area (TPSA) is 58.1 Å². The molecular formula is C12H22N4OS. The van der Waals surface area contributed by atoms with Gasteiger partial charge >= 0.3 is 6.03 Å². The van der Waals surface area contributed by atoms with Gasteiger partial charge in [0.25, 0.3) is 0 Å². The van der Waals surface area contributed by atoms with E-state index in [4.69, 9.17) is 0 Å². The van der Waals surface area contributed by atoms with Crippen LogP contribution < -0.4 is 10.2 Å². The van der Waals surface area contributed by atoms with Gasteiger partial charge in [0.2, 0.25) is 5.13 Å². The summed E-state index contributed by atoms with van der Waals surface area (Å²) in [5, 5.41) is 12.6. The normalized spacial score (nSPS) is 12.4. The summed E-state index contributed by atoms with van der Waals surface area (Å²) in [5.41, 5.74) is -0.305. The number of carbonyl (C=O) groups excluding carboxylic acids is 1. The Morgan fingerprint density at radius 1 is 1.17 bits per heavy atom. The van der Waals surface area contributed by atoms with Crippen LogP contribution in [0.5, 0.6) is 0 Å². The van der Waals surface area contributed by atoms with Gasteiger partial charge in [-0.1, -0.05) is 32.1 Å². The number of hydrogen-bond donors (Lipinski definition) is 1. The quantitative estimate of drug-likeness (QED) is 0.853. The lowest BCUT2D eigenvalue weighted by molar-refractivity contribution is 0.239. The summed E-state index contributed by atoms with van der Waals surface area (Å²) in [5.74, 6) is 0. The highest BCUT2D eigenvalue weighted by Crippen LogP contribution is 2.29. The van der Waals surface area contributed by atoms with Crippen molar-refractivity contribution in [1.29, 1.82) is 0 Å². The van der Waals surface area contributed by atoms with Gasteiger partial charge in [-0.25, -0.2) is 4.79 Å².